The summed E-state index contributed by atoms with van der Waals surface area (Å²) >= 11 is 6.00. The number of carboxylic acids is 1. The summed E-state index contributed by atoms with van der Waals surface area (Å²) in [5.74, 6) is -2.09. The van der Waals surface area contributed by atoms with Crippen LogP contribution in [0.2, 0.25) is 5.02 Å². The van der Waals surface area contributed by atoms with Crippen molar-refractivity contribution >= 4 is 17.6 Å². The summed E-state index contributed by atoms with van der Waals surface area (Å²) in [6.45, 7) is 4.76. The summed E-state index contributed by atoms with van der Waals surface area (Å²) in [7, 11) is 0. The topological polar surface area (TPSA) is 55.8 Å². The van der Waals surface area contributed by atoms with Gasteiger partial charge in [0.25, 0.3) is 0 Å². The van der Waals surface area contributed by atoms with Crippen LogP contribution < -0.4 is 4.74 Å². The van der Waals surface area contributed by atoms with Gasteiger partial charge < -0.3 is 14.6 Å². The highest BCUT2D eigenvalue weighted by Gasteiger charge is 2.30. The van der Waals surface area contributed by atoms with Gasteiger partial charge in [-0.25, -0.2) is 4.39 Å². The Morgan fingerprint density at radius 1 is 1.55 bits per heavy atom. The number of hydrogen-bond donors (Lipinski definition) is 1. The van der Waals surface area contributed by atoms with Crippen molar-refractivity contribution in [2.75, 3.05) is 19.8 Å². The molecule has 1 aliphatic heterocycles. The molecule has 0 radical (unpaired) electrons. The molecule has 2 rings (SSSR count). The molecule has 6 heteroatoms. The third-order valence-electron chi connectivity index (χ3n) is 3.99. The molecule has 1 fully saturated rings. The quantitative estimate of drug-likeness (QED) is 0.887. The van der Waals surface area contributed by atoms with Gasteiger partial charge in [-0.15, -0.1) is 0 Å². The van der Waals surface area contributed by atoms with Crippen LogP contribution in [0.15, 0.2) is 6.07 Å². The van der Waals surface area contributed by atoms with E-state index < -0.39 is 17.7 Å². The fraction of sp³-hybridized carbons (Fsp3) is 0.562. The second-order valence-corrected chi connectivity index (χ2v) is 5.79. The molecule has 0 saturated carbocycles. The van der Waals surface area contributed by atoms with E-state index in [1.54, 1.807) is 13.8 Å². The smallest absolute Gasteiger partial charge is 0.310 e. The van der Waals surface area contributed by atoms with E-state index in [2.05, 4.69) is 0 Å². The number of hydrogen-bond acceptors (Lipinski definition) is 3. The molecule has 0 spiro atoms. The Morgan fingerprint density at radius 3 is 2.73 bits per heavy atom. The maximum absolute atomic E-state index is 14.6. The van der Waals surface area contributed by atoms with Crippen LogP contribution in [0.25, 0.3) is 0 Å². The van der Waals surface area contributed by atoms with Crippen LogP contribution in [0, 0.1) is 5.82 Å². The summed E-state index contributed by atoms with van der Waals surface area (Å²) < 4.78 is 25.6. The minimum atomic E-state index is -0.999. The maximum atomic E-state index is 14.6. The van der Waals surface area contributed by atoms with E-state index in [0.29, 0.717) is 49.5 Å². The van der Waals surface area contributed by atoms with Crippen LogP contribution in [0.1, 0.15) is 49.7 Å². The average molecular weight is 331 g/mol. The summed E-state index contributed by atoms with van der Waals surface area (Å²) in [5.41, 5.74) is 0.808. The molecule has 1 aliphatic rings. The van der Waals surface area contributed by atoms with Crippen LogP contribution in [0.5, 0.6) is 5.75 Å². The normalized spacial score (nSPS) is 17.3. The van der Waals surface area contributed by atoms with E-state index >= 15 is 0 Å². The lowest BCUT2D eigenvalue weighted by atomic mass is 9.86. The van der Waals surface area contributed by atoms with Crippen molar-refractivity contribution in [3.63, 3.8) is 0 Å². The van der Waals surface area contributed by atoms with Gasteiger partial charge >= 0.3 is 5.97 Å². The Balaban J connectivity index is 2.59. The number of aliphatic carboxylic acids is 1. The third kappa shape index (κ3) is 3.36. The highest BCUT2D eigenvalue weighted by Crippen LogP contribution is 2.43. The molecule has 0 bridgehead atoms. The van der Waals surface area contributed by atoms with Gasteiger partial charge in [0.2, 0.25) is 0 Å². The number of carbonyl (C=O) groups is 1. The van der Waals surface area contributed by atoms with Gasteiger partial charge in [-0.2, -0.15) is 0 Å². The molecule has 1 heterocycles. The second-order valence-electron chi connectivity index (χ2n) is 5.38. The zero-order chi connectivity index (χ0) is 16.3. The van der Waals surface area contributed by atoms with Gasteiger partial charge in [-0.05, 0) is 38.7 Å². The second kappa shape index (κ2) is 7.29. The molecule has 0 amide bonds. The first-order valence-corrected chi connectivity index (χ1v) is 7.80. The monoisotopic (exact) mass is 330 g/mol. The Labute approximate surface area is 134 Å². The van der Waals surface area contributed by atoms with Crippen LogP contribution in [0.3, 0.4) is 0 Å². The van der Waals surface area contributed by atoms with Crippen LogP contribution in [-0.2, 0) is 9.53 Å². The van der Waals surface area contributed by atoms with Crippen LogP contribution >= 0.6 is 11.6 Å². The van der Waals surface area contributed by atoms with Crippen molar-refractivity contribution in [1.29, 1.82) is 0 Å². The molecule has 1 unspecified atom stereocenters. The van der Waals surface area contributed by atoms with Crippen molar-refractivity contribution in [2.24, 2.45) is 0 Å². The summed E-state index contributed by atoms with van der Waals surface area (Å²) in [5, 5.41) is 9.22. The van der Waals surface area contributed by atoms with E-state index in [1.807, 2.05) is 0 Å². The van der Waals surface area contributed by atoms with Gasteiger partial charge in [-0.1, -0.05) is 11.6 Å². The lowest BCUT2D eigenvalue weighted by Gasteiger charge is -2.27. The largest absolute Gasteiger partial charge is 0.493 e. The lowest BCUT2D eigenvalue weighted by molar-refractivity contribution is -0.138. The zero-order valence-electron chi connectivity index (χ0n) is 12.7. The third-order valence-corrected chi connectivity index (χ3v) is 4.27. The van der Waals surface area contributed by atoms with Gasteiger partial charge in [-0.3, -0.25) is 4.79 Å². The molecular weight excluding hydrogens is 311 g/mol. The fourth-order valence-corrected chi connectivity index (χ4v) is 2.98. The van der Waals surface area contributed by atoms with Crippen molar-refractivity contribution < 1.29 is 23.8 Å². The molecule has 1 atom stereocenters. The summed E-state index contributed by atoms with van der Waals surface area (Å²) in [6.07, 6.45) is 1.33. The molecule has 4 nitrogen and oxygen atoms in total. The van der Waals surface area contributed by atoms with E-state index in [0.717, 1.165) is 0 Å². The predicted octanol–water partition coefficient (Wildman–Crippen LogP) is 3.96. The van der Waals surface area contributed by atoms with Gasteiger partial charge in [0, 0.05) is 24.3 Å². The SMILES string of the molecule is CCOc1c(C(C)C(=O)O)cc(Cl)c(F)c1C1CCOCC1. The highest BCUT2D eigenvalue weighted by atomic mass is 35.5. The fourth-order valence-electron chi connectivity index (χ4n) is 2.76. The number of benzene rings is 1. The Morgan fingerprint density at radius 2 is 2.18 bits per heavy atom. The molecule has 0 aromatic heterocycles. The first kappa shape index (κ1) is 17.0. The molecule has 1 N–H and O–H groups in total. The number of rotatable bonds is 5. The standard InChI is InChI=1S/C16H20ClFO4/c1-3-22-15-11(9(2)16(19)20)8-12(17)14(18)13(15)10-4-6-21-7-5-10/h8-10H,3-7H2,1-2H3,(H,19,20). The van der Waals surface area contributed by atoms with Gasteiger partial charge in [0.1, 0.15) is 11.6 Å². The lowest BCUT2D eigenvalue weighted by Crippen LogP contribution is -2.19. The van der Waals surface area contributed by atoms with Crippen molar-refractivity contribution in [2.45, 2.75) is 38.5 Å². The molecule has 1 aromatic rings. The number of carboxylic acid groups (broad SMARTS) is 1. The summed E-state index contributed by atoms with van der Waals surface area (Å²) in [4.78, 5) is 11.3. The molecule has 0 aliphatic carbocycles. The first-order valence-electron chi connectivity index (χ1n) is 7.42. The van der Waals surface area contributed by atoms with Crippen molar-refractivity contribution in [1.82, 2.24) is 0 Å². The average Bonchev–Trinajstić information content (AvgIpc) is 2.51. The van der Waals surface area contributed by atoms with Gasteiger partial charge in [0.05, 0.1) is 17.5 Å². The van der Waals surface area contributed by atoms with E-state index in [9.17, 15) is 14.3 Å². The van der Waals surface area contributed by atoms with Crippen LogP contribution in [0.4, 0.5) is 4.39 Å². The van der Waals surface area contributed by atoms with Crippen molar-refractivity contribution in [3.8, 4) is 5.75 Å². The maximum Gasteiger partial charge on any atom is 0.310 e. The molecule has 1 aromatic carbocycles. The molecule has 122 valence electrons. The Hall–Kier alpha value is -1.33. The van der Waals surface area contributed by atoms with Crippen LogP contribution in [-0.4, -0.2) is 30.9 Å². The summed E-state index contributed by atoms with van der Waals surface area (Å²) in [6, 6.07) is 1.36. The Kier molecular flexibility index (Phi) is 5.64. The predicted molar refractivity (Wildman–Crippen MR) is 81.4 cm³/mol. The molecule has 1 saturated heterocycles. The first-order chi connectivity index (χ1) is 10.5. The number of halogens is 2. The van der Waals surface area contributed by atoms with E-state index in [1.165, 1.54) is 6.07 Å². The molecular formula is C16H20ClFO4. The minimum absolute atomic E-state index is 0.0620. The highest BCUT2D eigenvalue weighted by molar-refractivity contribution is 6.31. The number of ether oxygens (including phenoxy) is 2. The minimum Gasteiger partial charge on any atom is -0.493 e. The van der Waals surface area contributed by atoms with E-state index in [4.69, 9.17) is 21.1 Å². The van der Waals surface area contributed by atoms with Gasteiger partial charge in [0.15, 0.2) is 0 Å². The Bertz CT molecular complexity index is 556. The molecule has 22 heavy (non-hydrogen) atoms. The van der Waals surface area contributed by atoms with Crippen molar-refractivity contribution in [3.05, 3.63) is 28.0 Å². The van der Waals surface area contributed by atoms with E-state index in [-0.39, 0.29) is 10.9 Å². The zero-order valence-corrected chi connectivity index (χ0v) is 13.5.